The second-order valence-corrected chi connectivity index (χ2v) is 4.18. The Bertz CT molecular complexity index is 562. The van der Waals surface area contributed by atoms with Crippen molar-refractivity contribution in [3.8, 4) is 0 Å². The number of anilines is 1. The second kappa shape index (κ2) is 7.22. The Morgan fingerprint density at radius 1 is 1.33 bits per heavy atom. The average molecular weight is 297 g/mol. The number of nitrogens with zero attached hydrogens (tertiary/aromatic N) is 1. The molecule has 21 heavy (non-hydrogen) atoms. The standard InChI is InChI=1S/C13H16FN3O4/c1-3-17(2)10(18)7-15-13(21)16-9-6-4-5-8(14)11(9)12(19)20/h4-6H,3,7H2,1-2H3,(H,19,20)(H2,15,16,21). The van der Waals surface area contributed by atoms with Gasteiger partial charge in [-0.1, -0.05) is 6.07 Å². The molecule has 1 aromatic carbocycles. The van der Waals surface area contributed by atoms with E-state index in [-0.39, 0.29) is 18.1 Å². The average Bonchev–Trinajstić information content (AvgIpc) is 2.43. The summed E-state index contributed by atoms with van der Waals surface area (Å²) in [5.41, 5.74) is -0.819. The molecule has 0 aromatic heterocycles. The summed E-state index contributed by atoms with van der Waals surface area (Å²) in [5.74, 6) is -2.75. The van der Waals surface area contributed by atoms with E-state index in [0.29, 0.717) is 6.54 Å². The van der Waals surface area contributed by atoms with E-state index in [1.54, 1.807) is 14.0 Å². The number of carboxylic acid groups (broad SMARTS) is 1. The molecule has 0 aliphatic rings. The van der Waals surface area contributed by atoms with Crippen molar-refractivity contribution in [1.29, 1.82) is 0 Å². The van der Waals surface area contributed by atoms with Crippen LogP contribution in [0.25, 0.3) is 0 Å². The van der Waals surface area contributed by atoms with Gasteiger partial charge in [0.1, 0.15) is 11.4 Å². The van der Waals surface area contributed by atoms with Gasteiger partial charge in [0.15, 0.2) is 0 Å². The highest BCUT2D eigenvalue weighted by Gasteiger charge is 2.17. The first kappa shape index (κ1) is 16.4. The molecular formula is C13H16FN3O4. The Hall–Kier alpha value is -2.64. The highest BCUT2D eigenvalue weighted by Crippen LogP contribution is 2.18. The fourth-order valence-corrected chi connectivity index (χ4v) is 1.48. The third-order valence-electron chi connectivity index (χ3n) is 2.78. The molecule has 1 aromatic rings. The molecule has 3 amide bonds. The Balaban J connectivity index is 2.70. The quantitative estimate of drug-likeness (QED) is 0.758. The van der Waals surface area contributed by atoms with E-state index >= 15 is 0 Å². The van der Waals surface area contributed by atoms with Crippen LogP contribution in [0, 0.1) is 5.82 Å². The molecule has 0 spiro atoms. The van der Waals surface area contributed by atoms with Crippen molar-refractivity contribution in [2.75, 3.05) is 25.5 Å². The lowest BCUT2D eigenvalue weighted by molar-refractivity contribution is -0.128. The van der Waals surface area contributed by atoms with E-state index in [2.05, 4.69) is 10.6 Å². The molecule has 0 saturated heterocycles. The Labute approximate surface area is 120 Å². The molecule has 0 radical (unpaired) electrons. The lowest BCUT2D eigenvalue weighted by Gasteiger charge is -2.15. The van der Waals surface area contributed by atoms with E-state index in [9.17, 15) is 18.8 Å². The van der Waals surface area contributed by atoms with Crippen LogP contribution in [0.5, 0.6) is 0 Å². The number of benzene rings is 1. The van der Waals surface area contributed by atoms with Crippen LogP contribution in [0.15, 0.2) is 18.2 Å². The molecule has 0 aliphatic carbocycles. The molecule has 0 fully saturated rings. The molecule has 0 saturated carbocycles. The number of nitrogens with one attached hydrogen (secondary N) is 2. The fraction of sp³-hybridized carbons (Fsp3) is 0.308. The van der Waals surface area contributed by atoms with Gasteiger partial charge in [0.2, 0.25) is 5.91 Å². The van der Waals surface area contributed by atoms with Crippen LogP contribution in [-0.4, -0.2) is 48.1 Å². The molecule has 0 aliphatic heterocycles. The fourth-order valence-electron chi connectivity index (χ4n) is 1.48. The summed E-state index contributed by atoms with van der Waals surface area (Å²) >= 11 is 0. The highest BCUT2D eigenvalue weighted by atomic mass is 19.1. The zero-order valence-electron chi connectivity index (χ0n) is 11.6. The van der Waals surface area contributed by atoms with Crippen molar-refractivity contribution in [2.24, 2.45) is 0 Å². The first-order chi connectivity index (χ1) is 9.86. The van der Waals surface area contributed by atoms with Crippen LogP contribution in [0.4, 0.5) is 14.9 Å². The van der Waals surface area contributed by atoms with E-state index in [1.165, 1.54) is 17.0 Å². The molecule has 0 heterocycles. The summed E-state index contributed by atoms with van der Waals surface area (Å²) in [6.07, 6.45) is 0. The number of aromatic carboxylic acids is 1. The van der Waals surface area contributed by atoms with Crippen molar-refractivity contribution in [1.82, 2.24) is 10.2 Å². The smallest absolute Gasteiger partial charge is 0.340 e. The van der Waals surface area contributed by atoms with Crippen LogP contribution >= 0.6 is 0 Å². The van der Waals surface area contributed by atoms with Crippen molar-refractivity contribution >= 4 is 23.6 Å². The maximum Gasteiger partial charge on any atom is 0.340 e. The van der Waals surface area contributed by atoms with Gasteiger partial charge in [-0.25, -0.2) is 14.0 Å². The minimum atomic E-state index is -1.50. The van der Waals surface area contributed by atoms with Crippen LogP contribution in [0.3, 0.4) is 0 Å². The number of rotatable bonds is 5. The van der Waals surface area contributed by atoms with Crippen molar-refractivity contribution in [2.45, 2.75) is 6.92 Å². The number of likely N-dealkylation sites (N-methyl/N-ethyl adjacent to an activating group) is 1. The van der Waals surface area contributed by atoms with Crippen LogP contribution in [-0.2, 0) is 4.79 Å². The van der Waals surface area contributed by atoms with Crippen molar-refractivity contribution < 1.29 is 23.9 Å². The Morgan fingerprint density at radius 2 is 2.00 bits per heavy atom. The van der Waals surface area contributed by atoms with Crippen molar-refractivity contribution in [3.05, 3.63) is 29.6 Å². The molecule has 0 atom stereocenters. The Morgan fingerprint density at radius 3 is 2.57 bits per heavy atom. The SMILES string of the molecule is CCN(C)C(=O)CNC(=O)Nc1cccc(F)c1C(=O)O. The predicted octanol–water partition coefficient (Wildman–Crippen LogP) is 1.12. The monoisotopic (exact) mass is 297 g/mol. The number of hydrogen-bond acceptors (Lipinski definition) is 3. The molecule has 8 heteroatoms. The van der Waals surface area contributed by atoms with Gasteiger partial charge in [0.05, 0.1) is 12.2 Å². The second-order valence-electron chi connectivity index (χ2n) is 4.18. The zero-order chi connectivity index (χ0) is 16.0. The highest BCUT2D eigenvalue weighted by molar-refractivity contribution is 6.00. The number of carboxylic acids is 1. The minimum Gasteiger partial charge on any atom is -0.478 e. The number of urea groups is 1. The molecule has 0 unspecified atom stereocenters. The number of hydrogen-bond donors (Lipinski definition) is 3. The van der Waals surface area contributed by atoms with E-state index in [0.717, 1.165) is 6.07 Å². The topological polar surface area (TPSA) is 98.7 Å². The molecule has 7 nitrogen and oxygen atoms in total. The summed E-state index contributed by atoms with van der Waals surface area (Å²) < 4.78 is 13.4. The third-order valence-corrected chi connectivity index (χ3v) is 2.78. The molecule has 3 N–H and O–H groups in total. The first-order valence-electron chi connectivity index (χ1n) is 6.17. The molecule has 0 bridgehead atoms. The van der Waals surface area contributed by atoms with E-state index < -0.39 is 23.4 Å². The van der Waals surface area contributed by atoms with Gasteiger partial charge < -0.3 is 20.6 Å². The summed E-state index contributed by atoms with van der Waals surface area (Å²) in [6.45, 7) is 2.03. The number of carbonyl (C=O) groups is 3. The van der Waals surface area contributed by atoms with Gasteiger partial charge in [0.25, 0.3) is 0 Å². The molecule has 1 rings (SSSR count). The number of carbonyl (C=O) groups excluding carboxylic acids is 2. The lowest BCUT2D eigenvalue weighted by atomic mass is 10.1. The summed E-state index contributed by atoms with van der Waals surface area (Å²) in [4.78, 5) is 35.4. The third kappa shape index (κ3) is 4.44. The predicted molar refractivity (Wildman–Crippen MR) is 73.7 cm³/mol. The summed E-state index contributed by atoms with van der Waals surface area (Å²) in [6, 6.07) is 2.71. The van der Waals surface area contributed by atoms with Gasteiger partial charge in [-0.2, -0.15) is 0 Å². The van der Waals surface area contributed by atoms with Gasteiger partial charge >= 0.3 is 12.0 Å². The largest absolute Gasteiger partial charge is 0.478 e. The first-order valence-corrected chi connectivity index (χ1v) is 6.17. The van der Waals surface area contributed by atoms with Crippen LogP contribution in [0.1, 0.15) is 17.3 Å². The lowest BCUT2D eigenvalue weighted by Crippen LogP contribution is -2.39. The summed E-state index contributed by atoms with van der Waals surface area (Å²) in [7, 11) is 1.58. The maximum atomic E-state index is 13.4. The van der Waals surface area contributed by atoms with Crippen LogP contribution in [0.2, 0.25) is 0 Å². The maximum absolute atomic E-state index is 13.4. The van der Waals surface area contributed by atoms with Crippen molar-refractivity contribution in [3.63, 3.8) is 0 Å². The number of amides is 3. The minimum absolute atomic E-state index is 0.184. The normalized spacial score (nSPS) is 9.86. The van der Waals surface area contributed by atoms with Gasteiger partial charge in [-0.3, -0.25) is 4.79 Å². The zero-order valence-corrected chi connectivity index (χ0v) is 11.6. The molecular weight excluding hydrogens is 281 g/mol. The Kier molecular flexibility index (Phi) is 5.65. The number of halogens is 1. The summed E-state index contributed by atoms with van der Waals surface area (Å²) in [5, 5.41) is 13.4. The molecule has 114 valence electrons. The van der Waals surface area contributed by atoms with E-state index in [1.807, 2.05) is 0 Å². The van der Waals surface area contributed by atoms with Gasteiger partial charge in [-0.15, -0.1) is 0 Å². The van der Waals surface area contributed by atoms with E-state index in [4.69, 9.17) is 5.11 Å². The van der Waals surface area contributed by atoms with Crippen LogP contribution < -0.4 is 10.6 Å². The van der Waals surface area contributed by atoms with Gasteiger partial charge in [-0.05, 0) is 19.1 Å². The van der Waals surface area contributed by atoms with Gasteiger partial charge in [0, 0.05) is 13.6 Å².